The summed E-state index contributed by atoms with van der Waals surface area (Å²) in [7, 11) is 0. The monoisotopic (exact) mass is 377 g/mol. The first kappa shape index (κ1) is 19.4. The zero-order valence-electron chi connectivity index (χ0n) is 15.6. The van der Waals surface area contributed by atoms with Crippen LogP contribution in [-0.4, -0.2) is 37.4 Å². The summed E-state index contributed by atoms with van der Waals surface area (Å²) in [6.07, 6.45) is 6.54. The molecule has 1 saturated carbocycles. The van der Waals surface area contributed by atoms with Gasteiger partial charge in [-0.2, -0.15) is 0 Å². The van der Waals surface area contributed by atoms with Crippen LogP contribution in [0.25, 0.3) is 0 Å². The topological polar surface area (TPSA) is 50.6 Å². The number of benzene rings is 1. The van der Waals surface area contributed by atoms with Gasteiger partial charge in [-0.05, 0) is 43.0 Å². The van der Waals surface area contributed by atoms with E-state index in [0.29, 0.717) is 23.5 Å². The summed E-state index contributed by atoms with van der Waals surface area (Å²) in [4.78, 5) is 26.3. The second-order valence-corrected chi connectivity index (χ2v) is 8.44. The Balaban J connectivity index is 1.44. The third kappa shape index (κ3) is 5.08. The van der Waals surface area contributed by atoms with E-state index in [1.165, 1.54) is 24.2 Å². The number of amides is 1. The number of nitrogens with one attached hydrogen (secondary N) is 2. The van der Waals surface area contributed by atoms with Crippen LogP contribution in [0.3, 0.4) is 0 Å². The minimum atomic E-state index is 0.0707. The fraction of sp³-hybridized carbons (Fsp3) is 0.619. The van der Waals surface area contributed by atoms with Crippen molar-refractivity contribution in [1.29, 1.82) is 0 Å². The van der Waals surface area contributed by atoms with Gasteiger partial charge < -0.3 is 10.2 Å². The molecule has 0 aromatic heterocycles. The maximum absolute atomic E-state index is 12.6. The smallest absolute Gasteiger partial charge is 0.275 e. The molecule has 4 nitrogen and oxygen atoms in total. The highest BCUT2D eigenvalue weighted by molar-refractivity contribution is 6.30. The van der Waals surface area contributed by atoms with Crippen LogP contribution >= 0.6 is 11.6 Å². The van der Waals surface area contributed by atoms with Crippen molar-refractivity contribution in [3.63, 3.8) is 0 Å². The summed E-state index contributed by atoms with van der Waals surface area (Å²) in [5, 5.41) is 3.89. The highest BCUT2D eigenvalue weighted by atomic mass is 35.5. The Bertz CT molecular complexity index is 623. The lowest BCUT2D eigenvalue weighted by atomic mass is 9.86. The van der Waals surface area contributed by atoms with E-state index in [1.54, 1.807) is 12.1 Å². The average Bonchev–Trinajstić information content (AvgIpc) is 2.64. The van der Waals surface area contributed by atoms with Crippen molar-refractivity contribution in [2.75, 3.05) is 19.6 Å². The molecule has 1 heterocycles. The Morgan fingerprint density at radius 1 is 1.08 bits per heavy atom. The second-order valence-electron chi connectivity index (χ2n) is 8.01. The van der Waals surface area contributed by atoms with E-state index in [1.807, 2.05) is 12.1 Å². The molecule has 2 aliphatic rings. The summed E-state index contributed by atoms with van der Waals surface area (Å²) < 4.78 is 0. The fourth-order valence-corrected chi connectivity index (χ4v) is 4.46. The summed E-state index contributed by atoms with van der Waals surface area (Å²) in [6.45, 7) is 4.55. The summed E-state index contributed by atoms with van der Waals surface area (Å²) in [6, 6.07) is 7.50. The molecule has 0 radical (unpaired) electrons. The van der Waals surface area contributed by atoms with Crippen molar-refractivity contribution in [2.45, 2.75) is 51.5 Å². The highest BCUT2D eigenvalue weighted by Gasteiger charge is 2.30. The van der Waals surface area contributed by atoms with Crippen molar-refractivity contribution < 1.29 is 14.5 Å². The Labute approximate surface area is 161 Å². The molecule has 1 amide bonds. The van der Waals surface area contributed by atoms with E-state index in [9.17, 15) is 9.59 Å². The molecule has 2 atom stereocenters. The van der Waals surface area contributed by atoms with E-state index in [2.05, 4.69) is 12.2 Å². The third-order valence-electron chi connectivity index (χ3n) is 6.06. The Hall–Kier alpha value is -1.39. The molecule has 2 fully saturated rings. The SMILES string of the molecule is C[C@@H]1CCCC[C@@H]1NC(=O)C[NH+]1CCC(C(=O)c2ccc(Cl)cc2)CC1. The van der Waals surface area contributed by atoms with Crippen LogP contribution in [0.1, 0.15) is 55.8 Å². The van der Waals surface area contributed by atoms with Crippen molar-refractivity contribution >= 4 is 23.3 Å². The van der Waals surface area contributed by atoms with Crippen LogP contribution in [-0.2, 0) is 4.79 Å². The van der Waals surface area contributed by atoms with E-state index >= 15 is 0 Å². The average molecular weight is 378 g/mol. The molecule has 5 heteroatoms. The van der Waals surface area contributed by atoms with E-state index in [0.717, 1.165) is 37.9 Å². The number of Topliss-reactive ketones (excluding diaryl/α,β-unsaturated/α-hetero) is 1. The van der Waals surface area contributed by atoms with Crippen LogP contribution in [0, 0.1) is 11.8 Å². The van der Waals surface area contributed by atoms with Gasteiger partial charge in [0, 0.05) is 35.4 Å². The first-order valence-corrected chi connectivity index (χ1v) is 10.3. The zero-order valence-corrected chi connectivity index (χ0v) is 16.4. The van der Waals surface area contributed by atoms with Gasteiger partial charge >= 0.3 is 0 Å². The van der Waals surface area contributed by atoms with Crippen LogP contribution in [0.4, 0.5) is 0 Å². The summed E-state index contributed by atoms with van der Waals surface area (Å²) in [5.74, 6) is 1.04. The predicted molar refractivity (Wildman–Crippen MR) is 104 cm³/mol. The molecule has 142 valence electrons. The molecule has 26 heavy (non-hydrogen) atoms. The minimum absolute atomic E-state index is 0.0707. The van der Waals surface area contributed by atoms with Crippen molar-refractivity contribution in [3.05, 3.63) is 34.9 Å². The van der Waals surface area contributed by atoms with Crippen LogP contribution < -0.4 is 10.2 Å². The van der Waals surface area contributed by atoms with Crippen LogP contribution in [0.2, 0.25) is 5.02 Å². The normalized spacial score (nSPS) is 29.2. The number of likely N-dealkylation sites (tertiary alicyclic amines) is 1. The van der Waals surface area contributed by atoms with E-state index in [4.69, 9.17) is 11.6 Å². The lowest BCUT2D eigenvalue weighted by Gasteiger charge is -2.31. The van der Waals surface area contributed by atoms with Crippen molar-refractivity contribution in [1.82, 2.24) is 5.32 Å². The number of carbonyl (C=O) groups excluding carboxylic acids is 2. The fourth-order valence-electron chi connectivity index (χ4n) is 4.33. The van der Waals surface area contributed by atoms with Gasteiger partial charge in [-0.1, -0.05) is 31.4 Å². The molecule has 1 aromatic carbocycles. The number of halogens is 1. The Morgan fingerprint density at radius 3 is 2.38 bits per heavy atom. The Morgan fingerprint density at radius 2 is 1.73 bits per heavy atom. The second kappa shape index (κ2) is 9.01. The molecular formula is C21H30ClN2O2+. The summed E-state index contributed by atoms with van der Waals surface area (Å²) >= 11 is 5.90. The standard InChI is InChI=1S/C21H29ClN2O2/c1-15-4-2-3-5-19(15)23-20(25)14-24-12-10-17(11-13-24)21(26)16-6-8-18(22)9-7-16/h6-9,15,17,19H,2-5,10-14H2,1H3,(H,23,25)/p+1/t15-,19+/m1/s1. The molecule has 1 aliphatic heterocycles. The number of piperidine rings is 1. The number of rotatable bonds is 5. The van der Waals surface area contributed by atoms with Gasteiger partial charge in [-0.25, -0.2) is 0 Å². The Kier molecular flexibility index (Phi) is 6.71. The number of carbonyl (C=O) groups is 2. The van der Waals surface area contributed by atoms with Gasteiger partial charge in [0.25, 0.3) is 5.91 Å². The third-order valence-corrected chi connectivity index (χ3v) is 6.31. The van der Waals surface area contributed by atoms with Gasteiger partial charge in [0.05, 0.1) is 13.1 Å². The zero-order chi connectivity index (χ0) is 18.5. The van der Waals surface area contributed by atoms with Gasteiger partial charge in [0.2, 0.25) is 0 Å². The highest BCUT2D eigenvalue weighted by Crippen LogP contribution is 2.23. The first-order valence-electron chi connectivity index (χ1n) is 9.95. The van der Waals surface area contributed by atoms with E-state index in [-0.39, 0.29) is 17.6 Å². The maximum Gasteiger partial charge on any atom is 0.275 e. The van der Waals surface area contributed by atoms with Gasteiger partial charge in [0.1, 0.15) is 0 Å². The molecule has 1 aliphatic carbocycles. The largest absolute Gasteiger partial charge is 0.348 e. The molecule has 0 unspecified atom stereocenters. The lowest BCUT2D eigenvalue weighted by molar-refractivity contribution is -0.897. The van der Waals surface area contributed by atoms with Crippen LogP contribution in [0.5, 0.6) is 0 Å². The number of hydrogen-bond acceptors (Lipinski definition) is 2. The van der Waals surface area contributed by atoms with E-state index < -0.39 is 0 Å². The van der Waals surface area contributed by atoms with Gasteiger partial charge in [0.15, 0.2) is 12.3 Å². The molecule has 3 rings (SSSR count). The predicted octanol–water partition coefficient (Wildman–Crippen LogP) is 2.51. The molecule has 2 N–H and O–H groups in total. The number of ketones is 1. The number of quaternary nitrogens is 1. The van der Waals surface area contributed by atoms with Crippen LogP contribution in [0.15, 0.2) is 24.3 Å². The molecular weight excluding hydrogens is 348 g/mol. The van der Waals surface area contributed by atoms with Crippen molar-refractivity contribution in [2.24, 2.45) is 11.8 Å². The summed E-state index contributed by atoms with van der Waals surface area (Å²) in [5.41, 5.74) is 0.742. The van der Waals surface area contributed by atoms with Gasteiger partial charge in [-0.3, -0.25) is 9.59 Å². The molecule has 0 bridgehead atoms. The maximum atomic E-state index is 12.6. The van der Waals surface area contributed by atoms with Crippen molar-refractivity contribution in [3.8, 4) is 0 Å². The quantitative estimate of drug-likeness (QED) is 0.774. The minimum Gasteiger partial charge on any atom is -0.348 e. The molecule has 0 spiro atoms. The first-order chi connectivity index (χ1) is 12.5. The van der Waals surface area contributed by atoms with Gasteiger partial charge in [-0.15, -0.1) is 0 Å². The molecule has 1 saturated heterocycles. The molecule has 1 aromatic rings. The lowest BCUT2D eigenvalue weighted by Crippen LogP contribution is -3.14. The number of hydrogen-bond donors (Lipinski definition) is 2.